The van der Waals surface area contributed by atoms with Crippen LogP contribution in [0.1, 0.15) is 31.5 Å². The van der Waals surface area contributed by atoms with Gasteiger partial charge in [-0.25, -0.2) is 13.8 Å². The van der Waals surface area contributed by atoms with Gasteiger partial charge in [0.15, 0.2) is 11.6 Å². The SMILES string of the molecule is CC[C@@H](C)NC1=NCc2nc(Oc3ccc(F)cc3F)ncc21. The molecule has 120 valence electrons. The summed E-state index contributed by atoms with van der Waals surface area (Å²) >= 11 is 0. The second-order valence-electron chi connectivity index (χ2n) is 5.31. The first-order valence-corrected chi connectivity index (χ1v) is 7.37. The van der Waals surface area contributed by atoms with E-state index in [-0.39, 0.29) is 11.8 Å². The van der Waals surface area contributed by atoms with Gasteiger partial charge in [0.25, 0.3) is 0 Å². The van der Waals surface area contributed by atoms with E-state index in [0.29, 0.717) is 18.3 Å². The summed E-state index contributed by atoms with van der Waals surface area (Å²) in [6.45, 7) is 4.56. The lowest BCUT2D eigenvalue weighted by atomic mass is 10.2. The summed E-state index contributed by atoms with van der Waals surface area (Å²) in [5, 5.41) is 3.30. The van der Waals surface area contributed by atoms with E-state index >= 15 is 0 Å². The molecule has 1 aliphatic heterocycles. The highest BCUT2D eigenvalue weighted by atomic mass is 19.1. The minimum Gasteiger partial charge on any atom is -0.421 e. The second kappa shape index (κ2) is 6.28. The van der Waals surface area contributed by atoms with Gasteiger partial charge in [-0.2, -0.15) is 4.98 Å². The number of aromatic nitrogens is 2. The van der Waals surface area contributed by atoms with Crippen LogP contribution in [0.3, 0.4) is 0 Å². The Balaban J connectivity index is 1.78. The van der Waals surface area contributed by atoms with E-state index in [0.717, 1.165) is 30.0 Å². The van der Waals surface area contributed by atoms with Crippen LogP contribution in [0, 0.1) is 11.6 Å². The molecule has 0 saturated heterocycles. The van der Waals surface area contributed by atoms with E-state index in [2.05, 4.69) is 34.1 Å². The molecule has 0 bridgehead atoms. The van der Waals surface area contributed by atoms with Crippen molar-refractivity contribution in [2.45, 2.75) is 32.9 Å². The van der Waals surface area contributed by atoms with Crippen LogP contribution < -0.4 is 10.1 Å². The van der Waals surface area contributed by atoms with Gasteiger partial charge in [-0.3, -0.25) is 4.99 Å². The fourth-order valence-corrected chi connectivity index (χ4v) is 2.12. The van der Waals surface area contributed by atoms with Gasteiger partial charge in [-0.05, 0) is 25.5 Å². The summed E-state index contributed by atoms with van der Waals surface area (Å²) < 4.78 is 31.8. The third-order valence-electron chi connectivity index (χ3n) is 3.58. The molecule has 0 unspecified atom stereocenters. The van der Waals surface area contributed by atoms with Crippen LogP contribution in [0.5, 0.6) is 11.8 Å². The minimum atomic E-state index is -0.801. The first-order valence-electron chi connectivity index (χ1n) is 7.37. The number of hydrogen-bond acceptors (Lipinski definition) is 5. The molecule has 0 spiro atoms. The summed E-state index contributed by atoms with van der Waals surface area (Å²) in [5.41, 5.74) is 1.53. The number of aliphatic imine (C=N–C) groups is 1. The normalized spacial score (nSPS) is 14.2. The molecule has 0 aliphatic carbocycles. The predicted octanol–water partition coefficient (Wildman–Crippen LogP) is 3.20. The number of hydrogen-bond donors (Lipinski definition) is 1. The fourth-order valence-electron chi connectivity index (χ4n) is 2.12. The topological polar surface area (TPSA) is 59.4 Å². The Kier molecular flexibility index (Phi) is 4.18. The number of ether oxygens (including phenoxy) is 1. The standard InChI is InChI=1S/C16H16F2N4O/c1-3-9(2)21-15-11-7-20-16(22-13(11)8-19-15)23-14-5-4-10(17)6-12(14)18/h4-7,9H,3,8H2,1-2H3,(H,19,21)/t9-/m1/s1. The molecular formula is C16H16F2N4O. The average Bonchev–Trinajstić information content (AvgIpc) is 2.92. The lowest BCUT2D eigenvalue weighted by Crippen LogP contribution is -2.32. The third kappa shape index (κ3) is 3.28. The van der Waals surface area contributed by atoms with Crippen molar-refractivity contribution in [1.82, 2.24) is 15.3 Å². The molecule has 1 atom stereocenters. The van der Waals surface area contributed by atoms with Crippen molar-refractivity contribution in [2.75, 3.05) is 0 Å². The average molecular weight is 318 g/mol. The molecule has 0 saturated carbocycles. The van der Waals surface area contributed by atoms with Crippen molar-refractivity contribution in [3.05, 3.63) is 47.3 Å². The van der Waals surface area contributed by atoms with E-state index in [1.807, 2.05) is 0 Å². The number of halogens is 2. The number of amidine groups is 1. The van der Waals surface area contributed by atoms with Crippen LogP contribution in [0.25, 0.3) is 0 Å². The molecule has 1 aliphatic rings. The molecule has 2 heterocycles. The second-order valence-corrected chi connectivity index (χ2v) is 5.31. The first-order chi connectivity index (χ1) is 11.1. The fraction of sp³-hybridized carbons (Fsp3) is 0.312. The Morgan fingerprint density at radius 3 is 2.91 bits per heavy atom. The number of rotatable bonds is 4. The van der Waals surface area contributed by atoms with E-state index in [1.54, 1.807) is 6.20 Å². The van der Waals surface area contributed by atoms with E-state index in [9.17, 15) is 8.78 Å². The van der Waals surface area contributed by atoms with Gasteiger partial charge in [-0.1, -0.05) is 6.92 Å². The Morgan fingerprint density at radius 1 is 1.35 bits per heavy atom. The van der Waals surface area contributed by atoms with Gasteiger partial charge in [-0.15, -0.1) is 0 Å². The molecule has 2 aromatic rings. The van der Waals surface area contributed by atoms with E-state index in [4.69, 9.17) is 4.74 Å². The summed E-state index contributed by atoms with van der Waals surface area (Å²) in [7, 11) is 0. The zero-order valence-electron chi connectivity index (χ0n) is 12.8. The molecule has 3 rings (SSSR count). The number of nitrogens with one attached hydrogen (secondary N) is 1. The van der Waals surface area contributed by atoms with E-state index in [1.165, 1.54) is 6.07 Å². The quantitative estimate of drug-likeness (QED) is 0.940. The van der Waals surface area contributed by atoms with Crippen LogP contribution in [-0.4, -0.2) is 21.8 Å². The molecule has 1 aromatic heterocycles. The Hall–Kier alpha value is -2.57. The van der Waals surface area contributed by atoms with Gasteiger partial charge in [0.2, 0.25) is 0 Å². The molecule has 23 heavy (non-hydrogen) atoms. The third-order valence-corrected chi connectivity index (χ3v) is 3.58. The van der Waals surface area contributed by atoms with Crippen molar-refractivity contribution in [3.8, 4) is 11.8 Å². The zero-order chi connectivity index (χ0) is 16.4. The van der Waals surface area contributed by atoms with Gasteiger partial charge < -0.3 is 10.1 Å². The number of nitrogens with zero attached hydrogens (tertiary/aromatic N) is 3. The Bertz CT molecular complexity index is 764. The summed E-state index contributed by atoms with van der Waals surface area (Å²) in [6, 6.07) is 3.37. The maximum atomic E-state index is 13.6. The molecule has 1 N–H and O–H groups in total. The lowest BCUT2D eigenvalue weighted by molar-refractivity contribution is 0.406. The zero-order valence-corrected chi connectivity index (χ0v) is 12.8. The molecule has 0 amide bonds. The van der Waals surface area contributed by atoms with Crippen molar-refractivity contribution in [3.63, 3.8) is 0 Å². The summed E-state index contributed by atoms with van der Waals surface area (Å²) in [6.07, 6.45) is 2.57. The molecule has 0 fully saturated rings. The lowest BCUT2D eigenvalue weighted by Gasteiger charge is -2.13. The van der Waals surface area contributed by atoms with Crippen molar-refractivity contribution in [1.29, 1.82) is 0 Å². The molecule has 7 heteroatoms. The van der Waals surface area contributed by atoms with Crippen LogP contribution >= 0.6 is 0 Å². The molecule has 0 radical (unpaired) electrons. The first kappa shape index (κ1) is 15.3. The largest absolute Gasteiger partial charge is 0.421 e. The molecular weight excluding hydrogens is 302 g/mol. The Labute approximate surface area is 132 Å². The highest BCUT2D eigenvalue weighted by Crippen LogP contribution is 2.24. The van der Waals surface area contributed by atoms with Crippen LogP contribution in [0.2, 0.25) is 0 Å². The summed E-state index contributed by atoms with van der Waals surface area (Å²) in [4.78, 5) is 12.7. The monoisotopic (exact) mass is 318 g/mol. The van der Waals surface area contributed by atoms with Crippen LogP contribution in [0.15, 0.2) is 29.4 Å². The number of benzene rings is 1. The van der Waals surface area contributed by atoms with Crippen molar-refractivity contribution < 1.29 is 13.5 Å². The smallest absolute Gasteiger partial charge is 0.322 e. The number of fused-ring (bicyclic) bond motifs is 1. The Morgan fingerprint density at radius 2 is 2.17 bits per heavy atom. The molecule has 5 nitrogen and oxygen atoms in total. The van der Waals surface area contributed by atoms with E-state index < -0.39 is 11.6 Å². The summed E-state index contributed by atoms with van der Waals surface area (Å²) in [5.74, 6) is -0.833. The minimum absolute atomic E-state index is 0.00856. The van der Waals surface area contributed by atoms with Crippen molar-refractivity contribution >= 4 is 5.84 Å². The van der Waals surface area contributed by atoms with Gasteiger partial charge in [0.1, 0.15) is 11.7 Å². The van der Waals surface area contributed by atoms with Gasteiger partial charge in [0, 0.05) is 18.3 Å². The van der Waals surface area contributed by atoms with Gasteiger partial charge in [0.05, 0.1) is 17.8 Å². The molecule has 1 aromatic carbocycles. The maximum Gasteiger partial charge on any atom is 0.322 e. The van der Waals surface area contributed by atoms with Crippen molar-refractivity contribution in [2.24, 2.45) is 4.99 Å². The van der Waals surface area contributed by atoms with Crippen LogP contribution in [0.4, 0.5) is 8.78 Å². The maximum absolute atomic E-state index is 13.6. The predicted molar refractivity (Wildman–Crippen MR) is 81.6 cm³/mol. The van der Waals surface area contributed by atoms with Crippen LogP contribution in [-0.2, 0) is 6.54 Å². The van der Waals surface area contributed by atoms with Gasteiger partial charge >= 0.3 is 6.01 Å². The highest BCUT2D eigenvalue weighted by Gasteiger charge is 2.20. The highest BCUT2D eigenvalue weighted by molar-refractivity contribution is 6.01.